The van der Waals surface area contributed by atoms with Crippen molar-refractivity contribution in [2.24, 2.45) is 0 Å². The number of likely N-dealkylation sites (N-methyl/N-ethyl adjacent to an activating group) is 1. The van der Waals surface area contributed by atoms with Crippen molar-refractivity contribution in [1.29, 1.82) is 0 Å². The van der Waals surface area contributed by atoms with Crippen LogP contribution in [0.2, 0.25) is 0 Å². The van der Waals surface area contributed by atoms with Gasteiger partial charge in [0, 0.05) is 11.5 Å². The Balaban J connectivity index is 2.17. The van der Waals surface area contributed by atoms with E-state index < -0.39 is 23.3 Å². The van der Waals surface area contributed by atoms with E-state index in [9.17, 15) is 18.3 Å². The fourth-order valence-corrected chi connectivity index (χ4v) is 4.16. The molecule has 0 spiro atoms. The summed E-state index contributed by atoms with van der Waals surface area (Å²) in [4.78, 5) is 2.02. The van der Waals surface area contributed by atoms with Crippen molar-refractivity contribution < 1.29 is 27.8 Å². The van der Waals surface area contributed by atoms with Crippen LogP contribution in [0.15, 0.2) is 29.8 Å². The first-order chi connectivity index (χ1) is 11.7. The van der Waals surface area contributed by atoms with Gasteiger partial charge < -0.3 is 19.5 Å². The van der Waals surface area contributed by atoms with Gasteiger partial charge in [0.05, 0.1) is 25.9 Å². The Morgan fingerprint density at radius 3 is 2.48 bits per heavy atom. The average Bonchev–Trinajstić information content (AvgIpc) is 2.90. The molecule has 1 aromatic rings. The highest BCUT2D eigenvalue weighted by molar-refractivity contribution is 5.49. The zero-order chi connectivity index (χ0) is 18.4. The number of benzene rings is 1. The summed E-state index contributed by atoms with van der Waals surface area (Å²) in [5, 5.41) is 10.1. The third-order valence-electron chi connectivity index (χ3n) is 5.47. The van der Waals surface area contributed by atoms with Gasteiger partial charge in [-0.3, -0.25) is 0 Å². The van der Waals surface area contributed by atoms with Crippen LogP contribution in [0.1, 0.15) is 18.4 Å². The second-order valence-electron chi connectivity index (χ2n) is 6.71. The molecule has 3 rings (SSSR count). The number of aliphatic hydroxyl groups excluding tert-OH is 1. The SMILES string of the molecule is COc1ccc([C@@]23C=C(C(F)(F)F)[C@@H](O)CC2N(C)CC3)cc1OC. The molecule has 1 aromatic carbocycles. The van der Waals surface area contributed by atoms with Gasteiger partial charge >= 0.3 is 6.18 Å². The topological polar surface area (TPSA) is 41.9 Å². The number of likely N-dealkylation sites (tertiary alicyclic amines) is 1. The van der Waals surface area contributed by atoms with Gasteiger partial charge in [-0.25, -0.2) is 0 Å². The van der Waals surface area contributed by atoms with Gasteiger partial charge in [-0.05, 0) is 44.1 Å². The lowest BCUT2D eigenvalue weighted by Crippen LogP contribution is -2.48. The van der Waals surface area contributed by atoms with Crippen molar-refractivity contribution in [2.75, 3.05) is 27.8 Å². The lowest BCUT2D eigenvalue weighted by atomic mass is 9.67. The van der Waals surface area contributed by atoms with Crippen LogP contribution >= 0.6 is 0 Å². The summed E-state index contributed by atoms with van der Waals surface area (Å²) in [6, 6.07) is 5.04. The second kappa shape index (κ2) is 6.21. The molecule has 7 heteroatoms. The van der Waals surface area contributed by atoms with Crippen molar-refractivity contribution in [3.05, 3.63) is 35.4 Å². The highest BCUT2D eigenvalue weighted by Gasteiger charge is 2.54. The number of alkyl halides is 3. The fourth-order valence-electron chi connectivity index (χ4n) is 4.16. The lowest BCUT2D eigenvalue weighted by molar-refractivity contribution is -0.110. The number of halogens is 3. The molecule has 1 aliphatic carbocycles. The van der Waals surface area contributed by atoms with Gasteiger partial charge in [-0.1, -0.05) is 12.1 Å². The lowest BCUT2D eigenvalue weighted by Gasteiger charge is -2.42. The molecule has 4 nitrogen and oxygen atoms in total. The molecule has 1 unspecified atom stereocenters. The summed E-state index contributed by atoms with van der Waals surface area (Å²) in [6.07, 6.45) is -4.21. The van der Waals surface area contributed by atoms with Gasteiger partial charge in [0.25, 0.3) is 0 Å². The molecule has 1 saturated heterocycles. The van der Waals surface area contributed by atoms with Gasteiger partial charge in [0.15, 0.2) is 11.5 Å². The molecule has 1 N–H and O–H groups in total. The monoisotopic (exact) mass is 357 g/mol. The first kappa shape index (κ1) is 18.1. The maximum Gasteiger partial charge on any atom is 0.414 e. The van der Waals surface area contributed by atoms with Crippen molar-refractivity contribution >= 4 is 0 Å². The van der Waals surface area contributed by atoms with Crippen LogP contribution in [0.25, 0.3) is 0 Å². The summed E-state index contributed by atoms with van der Waals surface area (Å²) in [5.74, 6) is 1.01. The largest absolute Gasteiger partial charge is 0.493 e. The minimum absolute atomic E-state index is 0.0518. The molecule has 0 amide bonds. The smallest absolute Gasteiger partial charge is 0.414 e. The number of fused-ring (bicyclic) bond motifs is 1. The molecule has 0 saturated carbocycles. The summed E-state index contributed by atoms with van der Waals surface area (Å²) < 4.78 is 50.8. The summed E-state index contributed by atoms with van der Waals surface area (Å²) in [5.41, 5.74) is -0.916. The highest BCUT2D eigenvalue weighted by Crippen LogP contribution is 2.50. The van der Waals surface area contributed by atoms with E-state index in [-0.39, 0.29) is 12.5 Å². The molecule has 1 fully saturated rings. The Hall–Kier alpha value is -1.73. The molecule has 1 heterocycles. The van der Waals surface area contributed by atoms with Crippen LogP contribution < -0.4 is 9.47 Å². The van der Waals surface area contributed by atoms with Gasteiger partial charge in [0.1, 0.15) is 0 Å². The van der Waals surface area contributed by atoms with E-state index >= 15 is 0 Å². The number of ether oxygens (including phenoxy) is 2. The molecular formula is C18H22F3NO3. The molecule has 138 valence electrons. The molecule has 0 aromatic heterocycles. The quantitative estimate of drug-likeness (QED) is 0.845. The number of methoxy groups -OCH3 is 2. The van der Waals surface area contributed by atoms with Crippen LogP contribution in [0, 0.1) is 0 Å². The second-order valence-corrected chi connectivity index (χ2v) is 6.71. The zero-order valence-corrected chi connectivity index (χ0v) is 14.4. The third kappa shape index (κ3) is 2.89. The Morgan fingerprint density at radius 2 is 1.88 bits per heavy atom. The fraction of sp³-hybridized carbons (Fsp3) is 0.556. The van der Waals surface area contributed by atoms with Gasteiger partial charge in [-0.2, -0.15) is 13.2 Å². The van der Waals surface area contributed by atoms with Crippen LogP contribution in [0.4, 0.5) is 13.2 Å². The van der Waals surface area contributed by atoms with E-state index in [1.807, 2.05) is 11.9 Å². The predicted octanol–water partition coefficient (Wildman–Crippen LogP) is 2.90. The highest BCUT2D eigenvalue weighted by atomic mass is 19.4. The molecule has 0 radical (unpaired) electrons. The molecule has 0 bridgehead atoms. The Bertz CT molecular complexity index is 689. The van der Waals surface area contributed by atoms with Gasteiger partial charge in [0.2, 0.25) is 0 Å². The average molecular weight is 357 g/mol. The molecular weight excluding hydrogens is 335 g/mol. The van der Waals surface area contributed by atoms with Crippen molar-refractivity contribution in [1.82, 2.24) is 4.90 Å². The van der Waals surface area contributed by atoms with Gasteiger partial charge in [-0.15, -0.1) is 0 Å². The van der Waals surface area contributed by atoms with Crippen molar-refractivity contribution in [2.45, 2.75) is 36.6 Å². The third-order valence-corrected chi connectivity index (χ3v) is 5.47. The molecule has 2 aliphatic rings. The first-order valence-corrected chi connectivity index (χ1v) is 8.13. The zero-order valence-electron chi connectivity index (χ0n) is 14.4. The molecule has 25 heavy (non-hydrogen) atoms. The van der Waals surface area contributed by atoms with Crippen molar-refractivity contribution in [3.63, 3.8) is 0 Å². The maximum atomic E-state index is 13.4. The maximum absolute atomic E-state index is 13.4. The Labute approximate surface area is 144 Å². The molecule has 1 aliphatic heterocycles. The number of nitrogens with zero attached hydrogens (tertiary/aromatic N) is 1. The van der Waals surface area contributed by atoms with Crippen LogP contribution in [-0.2, 0) is 5.41 Å². The summed E-state index contributed by atoms with van der Waals surface area (Å²) in [7, 11) is 4.89. The number of hydrogen-bond acceptors (Lipinski definition) is 4. The molecule has 3 atom stereocenters. The number of hydrogen-bond donors (Lipinski definition) is 1. The summed E-state index contributed by atoms with van der Waals surface area (Å²) >= 11 is 0. The number of rotatable bonds is 3. The van der Waals surface area contributed by atoms with Crippen LogP contribution in [0.3, 0.4) is 0 Å². The standard InChI is InChI=1S/C18H22F3NO3/c1-22-7-6-17(11-4-5-14(24-2)15(8-11)25-3)10-12(18(19,20)21)13(23)9-16(17)22/h4-5,8,10,13,16,23H,6-7,9H2,1-3H3/t13-,16?,17+/m0/s1. The van der Waals surface area contributed by atoms with E-state index in [1.165, 1.54) is 20.3 Å². The van der Waals surface area contributed by atoms with Crippen molar-refractivity contribution in [3.8, 4) is 11.5 Å². The van der Waals surface area contributed by atoms with Crippen LogP contribution in [0.5, 0.6) is 11.5 Å². The van der Waals surface area contributed by atoms with E-state index in [4.69, 9.17) is 9.47 Å². The summed E-state index contributed by atoms with van der Waals surface area (Å²) in [6.45, 7) is 0.660. The van der Waals surface area contributed by atoms with E-state index in [1.54, 1.807) is 18.2 Å². The minimum Gasteiger partial charge on any atom is -0.493 e. The predicted molar refractivity (Wildman–Crippen MR) is 87.0 cm³/mol. The normalized spacial score (nSPS) is 30.0. The minimum atomic E-state index is -4.55. The number of aliphatic hydroxyl groups is 1. The Kier molecular flexibility index (Phi) is 4.49. The van der Waals surface area contributed by atoms with E-state index in [0.29, 0.717) is 24.5 Å². The Morgan fingerprint density at radius 1 is 1.20 bits per heavy atom. The van der Waals surface area contributed by atoms with Crippen LogP contribution in [-0.4, -0.2) is 56.1 Å². The van der Waals surface area contributed by atoms with E-state index in [2.05, 4.69) is 0 Å². The first-order valence-electron chi connectivity index (χ1n) is 8.13. The van der Waals surface area contributed by atoms with E-state index in [0.717, 1.165) is 5.56 Å².